The Morgan fingerprint density at radius 1 is 1.10 bits per heavy atom. The summed E-state index contributed by atoms with van der Waals surface area (Å²) in [5, 5.41) is 5.04. The van der Waals surface area contributed by atoms with Crippen LogP contribution in [0.5, 0.6) is 0 Å². The fraction of sp³-hybridized carbons (Fsp3) is 0.174. The Morgan fingerprint density at radius 2 is 1.93 bits per heavy atom. The summed E-state index contributed by atoms with van der Waals surface area (Å²) < 4.78 is 6.89. The van der Waals surface area contributed by atoms with Gasteiger partial charge in [-0.3, -0.25) is 9.48 Å². The number of fused-ring (bicyclic) bond motifs is 1. The molecule has 1 N–H and O–H groups in total. The third-order valence-electron chi connectivity index (χ3n) is 4.87. The lowest BCUT2D eigenvalue weighted by Gasteiger charge is -2.03. The van der Waals surface area contributed by atoms with Crippen LogP contribution in [-0.2, 0) is 17.7 Å². The van der Waals surface area contributed by atoms with Crippen LogP contribution in [0.3, 0.4) is 0 Å². The number of hydrogen-bond donors (Lipinski definition) is 1. The molecule has 2 heterocycles. The minimum absolute atomic E-state index is 0.241. The Kier molecular flexibility index (Phi) is 5.24. The zero-order chi connectivity index (χ0) is 20.2. The van der Waals surface area contributed by atoms with Crippen LogP contribution in [0.15, 0.2) is 67.1 Å². The number of hydrogen-bond acceptors (Lipinski definition) is 4. The summed E-state index contributed by atoms with van der Waals surface area (Å²) in [5.74, 6) is -0.804. The molecule has 0 spiro atoms. The molecule has 6 nitrogen and oxygen atoms in total. The highest BCUT2D eigenvalue weighted by molar-refractivity contribution is 6.09. The highest BCUT2D eigenvalue weighted by atomic mass is 16.5. The zero-order valence-electron chi connectivity index (χ0n) is 16.1. The number of aromatic amines is 1. The second kappa shape index (κ2) is 8.14. The molecular formula is C23H21N3O3. The molecule has 0 amide bonds. The summed E-state index contributed by atoms with van der Waals surface area (Å²) in [4.78, 5) is 28.1. The molecule has 0 aliphatic heterocycles. The van der Waals surface area contributed by atoms with Gasteiger partial charge in [0.15, 0.2) is 6.61 Å². The van der Waals surface area contributed by atoms with Crippen molar-refractivity contribution >= 4 is 22.7 Å². The summed E-state index contributed by atoms with van der Waals surface area (Å²) in [7, 11) is 0. The highest BCUT2D eigenvalue weighted by Gasteiger charge is 2.17. The summed E-state index contributed by atoms with van der Waals surface area (Å²) in [6, 6.07) is 15.7. The number of Topliss-reactive ketones (excluding diaryl/α,β-unsaturated/α-hetero) is 1. The van der Waals surface area contributed by atoms with Crippen molar-refractivity contribution in [2.75, 3.05) is 6.61 Å². The van der Waals surface area contributed by atoms with Crippen LogP contribution in [0.25, 0.3) is 10.9 Å². The molecule has 0 aliphatic carbocycles. The van der Waals surface area contributed by atoms with Crippen LogP contribution in [0.2, 0.25) is 0 Å². The largest absolute Gasteiger partial charge is 0.454 e. The number of carbonyl (C=O) groups is 2. The molecule has 4 rings (SSSR count). The molecule has 29 heavy (non-hydrogen) atoms. The molecule has 0 saturated carbocycles. The molecule has 0 unspecified atom stereocenters. The number of nitrogens with one attached hydrogen (secondary N) is 1. The molecule has 2 aromatic carbocycles. The first-order valence-electron chi connectivity index (χ1n) is 9.51. The number of H-pyrrole nitrogens is 1. The Morgan fingerprint density at radius 3 is 2.72 bits per heavy atom. The van der Waals surface area contributed by atoms with Gasteiger partial charge in [-0.25, -0.2) is 4.79 Å². The number of ether oxygens (including phenoxy) is 1. The first-order chi connectivity index (χ1) is 14.2. The molecule has 4 aromatic rings. The number of ketones is 1. The number of nitrogens with zero attached hydrogens (tertiary/aromatic N) is 2. The van der Waals surface area contributed by atoms with Crippen molar-refractivity contribution in [2.24, 2.45) is 0 Å². The molecule has 146 valence electrons. The van der Waals surface area contributed by atoms with Crippen LogP contribution in [0, 0.1) is 0 Å². The fourth-order valence-electron chi connectivity index (χ4n) is 3.36. The molecule has 0 saturated heterocycles. The fourth-order valence-corrected chi connectivity index (χ4v) is 3.36. The predicted molar refractivity (Wildman–Crippen MR) is 110 cm³/mol. The van der Waals surface area contributed by atoms with Gasteiger partial charge in [0.2, 0.25) is 5.78 Å². The second-order valence-corrected chi connectivity index (χ2v) is 6.81. The maximum absolute atomic E-state index is 12.6. The third kappa shape index (κ3) is 3.96. The van der Waals surface area contributed by atoms with Gasteiger partial charge < -0.3 is 9.72 Å². The Balaban J connectivity index is 1.40. The molecule has 6 heteroatoms. The van der Waals surface area contributed by atoms with E-state index in [1.807, 2.05) is 48.5 Å². The number of esters is 1. The zero-order valence-corrected chi connectivity index (χ0v) is 16.1. The number of para-hydroxylation sites is 1. The maximum Gasteiger partial charge on any atom is 0.341 e. The van der Waals surface area contributed by atoms with E-state index in [4.69, 9.17) is 4.74 Å². The molecule has 0 atom stereocenters. The lowest BCUT2D eigenvalue weighted by Crippen LogP contribution is -2.13. The van der Waals surface area contributed by atoms with Crippen molar-refractivity contribution in [3.8, 4) is 0 Å². The van der Waals surface area contributed by atoms with Crippen LogP contribution in [0.4, 0.5) is 0 Å². The Hall–Kier alpha value is -3.67. The van der Waals surface area contributed by atoms with Gasteiger partial charge in [0.05, 0.1) is 18.3 Å². The van der Waals surface area contributed by atoms with E-state index in [-0.39, 0.29) is 12.4 Å². The molecule has 2 aromatic heterocycles. The van der Waals surface area contributed by atoms with Crippen LogP contribution in [-0.4, -0.2) is 33.1 Å². The van der Waals surface area contributed by atoms with Gasteiger partial charge in [0, 0.05) is 28.9 Å². The average Bonchev–Trinajstić information content (AvgIpc) is 3.39. The monoisotopic (exact) mass is 387 g/mol. The molecule has 0 bridgehead atoms. The quantitative estimate of drug-likeness (QED) is 0.384. The summed E-state index contributed by atoms with van der Waals surface area (Å²) in [6.07, 6.45) is 5.62. The number of rotatable bonds is 7. The van der Waals surface area contributed by atoms with Crippen molar-refractivity contribution < 1.29 is 14.3 Å². The van der Waals surface area contributed by atoms with Gasteiger partial charge in [0.25, 0.3) is 0 Å². The van der Waals surface area contributed by atoms with Crippen molar-refractivity contribution in [3.05, 3.63) is 89.4 Å². The molecule has 0 aliphatic rings. The van der Waals surface area contributed by atoms with Gasteiger partial charge in [-0.05, 0) is 17.5 Å². The van der Waals surface area contributed by atoms with E-state index in [9.17, 15) is 9.59 Å². The van der Waals surface area contributed by atoms with Crippen molar-refractivity contribution in [3.63, 3.8) is 0 Å². The summed E-state index contributed by atoms with van der Waals surface area (Å²) in [6.45, 7) is 2.31. The standard InChI is InChI=1S/C23H21N3O3/c1-2-17-9-6-10-19-20(12-24-22(17)19)21(27)15-29-23(28)18-11-25-26(14-18)13-16-7-4-3-5-8-16/h3-12,14,24H,2,13,15H2,1H3. The van der Waals surface area contributed by atoms with Gasteiger partial charge in [-0.1, -0.05) is 55.5 Å². The maximum atomic E-state index is 12.6. The molecule has 0 fully saturated rings. The topological polar surface area (TPSA) is 77.0 Å². The number of benzene rings is 2. The first-order valence-corrected chi connectivity index (χ1v) is 9.51. The van der Waals surface area contributed by atoms with E-state index in [1.165, 1.54) is 6.20 Å². The van der Waals surface area contributed by atoms with Crippen molar-refractivity contribution in [1.29, 1.82) is 0 Å². The van der Waals surface area contributed by atoms with Crippen LogP contribution >= 0.6 is 0 Å². The number of aromatic nitrogens is 3. The Labute approximate surface area is 168 Å². The van der Waals surface area contributed by atoms with Crippen LogP contribution in [0.1, 0.15) is 38.8 Å². The minimum atomic E-state index is -0.563. The Bertz CT molecular complexity index is 1160. The lowest BCUT2D eigenvalue weighted by molar-refractivity contribution is 0.0475. The van der Waals surface area contributed by atoms with E-state index in [0.29, 0.717) is 17.7 Å². The van der Waals surface area contributed by atoms with Crippen LogP contribution < -0.4 is 0 Å². The number of carbonyl (C=O) groups excluding carboxylic acids is 2. The predicted octanol–water partition coefficient (Wildman–Crippen LogP) is 4.01. The normalized spacial score (nSPS) is 10.9. The highest BCUT2D eigenvalue weighted by Crippen LogP contribution is 2.22. The number of aryl methyl sites for hydroxylation is 1. The summed E-state index contributed by atoms with van der Waals surface area (Å²) >= 11 is 0. The third-order valence-corrected chi connectivity index (χ3v) is 4.87. The lowest BCUT2D eigenvalue weighted by atomic mass is 10.1. The SMILES string of the molecule is CCc1cccc2c(C(=O)COC(=O)c3cnn(Cc4ccccc4)c3)c[nH]c12. The molecule has 0 radical (unpaired) electrons. The van der Waals surface area contributed by atoms with E-state index >= 15 is 0 Å². The van der Waals surface area contributed by atoms with Gasteiger partial charge >= 0.3 is 5.97 Å². The first kappa shape index (κ1) is 18.7. The second-order valence-electron chi connectivity index (χ2n) is 6.81. The molecular weight excluding hydrogens is 366 g/mol. The van der Waals surface area contributed by atoms with E-state index in [1.54, 1.807) is 17.1 Å². The van der Waals surface area contributed by atoms with E-state index in [2.05, 4.69) is 17.0 Å². The average molecular weight is 387 g/mol. The minimum Gasteiger partial charge on any atom is -0.454 e. The summed E-state index contributed by atoms with van der Waals surface area (Å²) in [5.41, 5.74) is 4.02. The van der Waals surface area contributed by atoms with Gasteiger partial charge in [-0.2, -0.15) is 5.10 Å². The smallest absolute Gasteiger partial charge is 0.341 e. The van der Waals surface area contributed by atoms with E-state index < -0.39 is 5.97 Å². The van der Waals surface area contributed by atoms with Gasteiger partial charge in [-0.15, -0.1) is 0 Å². The van der Waals surface area contributed by atoms with E-state index in [0.717, 1.165) is 28.5 Å². The van der Waals surface area contributed by atoms with Crippen molar-refractivity contribution in [2.45, 2.75) is 19.9 Å². The van der Waals surface area contributed by atoms with Gasteiger partial charge in [0.1, 0.15) is 0 Å². The van der Waals surface area contributed by atoms with Crippen molar-refractivity contribution in [1.82, 2.24) is 14.8 Å².